The van der Waals surface area contributed by atoms with E-state index in [9.17, 15) is 0 Å². The van der Waals surface area contributed by atoms with E-state index in [0.29, 0.717) is 24.0 Å². The molecule has 0 bridgehead atoms. The molecular weight excluding hydrogens is 388 g/mol. The number of benzene rings is 1. The van der Waals surface area contributed by atoms with Crippen LogP contribution in [0.3, 0.4) is 0 Å². The fraction of sp³-hybridized carbons (Fsp3) is 0.333. The predicted molar refractivity (Wildman–Crippen MR) is 116 cm³/mol. The van der Waals surface area contributed by atoms with E-state index in [0.717, 1.165) is 30.1 Å². The standard InChI is InChI=1S/C21H24N4OS2/c1-4-11-24-20(17-7-5-6-8-18(17)26-3)22-25(21(24)27)14-23-12-9-19-16(15(23)2)10-13-28-19/h4-8,10,13,15H,1,9,11-12,14H2,2-3H3/t15-/m0/s1. The van der Waals surface area contributed by atoms with Crippen LogP contribution in [-0.2, 0) is 19.6 Å². The van der Waals surface area contributed by atoms with Crippen LogP contribution in [0.15, 0.2) is 48.4 Å². The van der Waals surface area contributed by atoms with Gasteiger partial charge in [0.2, 0.25) is 0 Å². The molecule has 0 fully saturated rings. The topological polar surface area (TPSA) is 35.2 Å². The third kappa shape index (κ3) is 3.34. The van der Waals surface area contributed by atoms with Crippen molar-refractivity contribution in [3.05, 3.63) is 63.6 Å². The third-order valence-electron chi connectivity index (χ3n) is 5.30. The molecule has 1 atom stereocenters. The molecule has 0 radical (unpaired) electrons. The number of thiophene rings is 1. The molecule has 0 spiro atoms. The molecule has 1 aliphatic rings. The Balaban J connectivity index is 1.71. The Hall–Kier alpha value is -2.22. The first-order valence-corrected chi connectivity index (χ1v) is 10.6. The number of allylic oxidation sites excluding steroid dienone is 1. The van der Waals surface area contributed by atoms with Gasteiger partial charge in [0.05, 0.1) is 19.3 Å². The summed E-state index contributed by atoms with van der Waals surface area (Å²) in [5.74, 6) is 1.59. The van der Waals surface area contributed by atoms with E-state index in [4.69, 9.17) is 22.1 Å². The Morgan fingerprint density at radius 3 is 2.96 bits per heavy atom. The van der Waals surface area contributed by atoms with Gasteiger partial charge in [-0.15, -0.1) is 17.9 Å². The molecule has 3 aromatic rings. The smallest absolute Gasteiger partial charge is 0.199 e. The van der Waals surface area contributed by atoms with E-state index in [1.54, 1.807) is 7.11 Å². The van der Waals surface area contributed by atoms with E-state index in [1.165, 1.54) is 10.4 Å². The number of para-hydroxylation sites is 1. The third-order valence-corrected chi connectivity index (χ3v) is 6.73. The number of nitrogens with zero attached hydrogens (tertiary/aromatic N) is 4. The van der Waals surface area contributed by atoms with Gasteiger partial charge >= 0.3 is 0 Å². The van der Waals surface area contributed by atoms with Crippen molar-refractivity contribution in [3.63, 3.8) is 0 Å². The lowest BCUT2D eigenvalue weighted by Gasteiger charge is -2.33. The monoisotopic (exact) mass is 412 g/mol. The molecule has 4 rings (SSSR count). The summed E-state index contributed by atoms with van der Waals surface area (Å²) in [6.45, 7) is 8.43. The van der Waals surface area contributed by atoms with Crippen molar-refractivity contribution < 1.29 is 4.74 Å². The van der Waals surface area contributed by atoms with Crippen LogP contribution in [-0.4, -0.2) is 32.9 Å². The zero-order valence-electron chi connectivity index (χ0n) is 16.2. The molecule has 0 saturated heterocycles. The van der Waals surface area contributed by atoms with E-state index in [-0.39, 0.29) is 0 Å². The number of methoxy groups -OCH3 is 1. The van der Waals surface area contributed by atoms with Crippen molar-refractivity contribution in [3.8, 4) is 17.1 Å². The second kappa shape index (κ2) is 8.03. The SMILES string of the molecule is C=CCn1c(-c2ccccc2OC)nn(CN2CCc3sccc3[C@@H]2C)c1=S. The van der Waals surface area contributed by atoms with Gasteiger partial charge in [-0.2, -0.15) is 5.10 Å². The highest BCUT2D eigenvalue weighted by Crippen LogP contribution is 2.33. The van der Waals surface area contributed by atoms with Crippen LogP contribution in [0.5, 0.6) is 5.75 Å². The summed E-state index contributed by atoms with van der Waals surface area (Å²) in [5, 5.41) is 7.08. The molecule has 0 saturated carbocycles. The summed E-state index contributed by atoms with van der Waals surface area (Å²) >= 11 is 7.63. The molecule has 3 heterocycles. The van der Waals surface area contributed by atoms with Crippen molar-refractivity contribution in [2.45, 2.75) is 32.6 Å². The van der Waals surface area contributed by atoms with E-state index >= 15 is 0 Å². The lowest BCUT2D eigenvalue weighted by molar-refractivity contribution is 0.144. The molecule has 0 unspecified atom stereocenters. The summed E-state index contributed by atoms with van der Waals surface area (Å²) in [7, 11) is 1.68. The van der Waals surface area contributed by atoms with Crippen molar-refractivity contribution in [1.29, 1.82) is 0 Å². The van der Waals surface area contributed by atoms with Gasteiger partial charge < -0.3 is 4.74 Å². The molecule has 1 aromatic carbocycles. The largest absolute Gasteiger partial charge is 0.496 e. The normalized spacial score (nSPS) is 16.7. The molecule has 28 heavy (non-hydrogen) atoms. The minimum Gasteiger partial charge on any atom is -0.496 e. The Morgan fingerprint density at radius 1 is 1.36 bits per heavy atom. The lowest BCUT2D eigenvalue weighted by Crippen LogP contribution is -2.35. The van der Waals surface area contributed by atoms with Crippen LogP contribution in [0.4, 0.5) is 0 Å². The number of ether oxygens (including phenoxy) is 1. The predicted octanol–water partition coefficient (Wildman–Crippen LogP) is 4.91. The Bertz CT molecular complexity index is 1050. The molecule has 1 aliphatic heterocycles. The molecule has 2 aromatic heterocycles. The van der Waals surface area contributed by atoms with Crippen LogP contribution in [0.1, 0.15) is 23.4 Å². The maximum Gasteiger partial charge on any atom is 0.199 e. The maximum atomic E-state index is 5.78. The highest BCUT2D eigenvalue weighted by atomic mass is 32.1. The molecule has 0 N–H and O–H groups in total. The van der Waals surface area contributed by atoms with Crippen LogP contribution in [0.25, 0.3) is 11.4 Å². The van der Waals surface area contributed by atoms with Crippen LogP contribution in [0.2, 0.25) is 0 Å². The van der Waals surface area contributed by atoms with E-state index in [1.807, 2.05) is 50.9 Å². The second-order valence-corrected chi connectivity index (χ2v) is 8.25. The number of hydrogen-bond acceptors (Lipinski definition) is 5. The average molecular weight is 413 g/mol. The van der Waals surface area contributed by atoms with Gasteiger partial charge in [0.15, 0.2) is 10.6 Å². The van der Waals surface area contributed by atoms with Gasteiger partial charge in [-0.25, -0.2) is 4.68 Å². The van der Waals surface area contributed by atoms with Crippen molar-refractivity contribution >= 4 is 23.6 Å². The summed E-state index contributed by atoms with van der Waals surface area (Å²) in [5.41, 5.74) is 2.36. The minimum atomic E-state index is 0.358. The fourth-order valence-electron chi connectivity index (χ4n) is 3.78. The number of hydrogen-bond donors (Lipinski definition) is 0. The molecule has 5 nitrogen and oxygen atoms in total. The van der Waals surface area contributed by atoms with Gasteiger partial charge in [0.25, 0.3) is 0 Å². The summed E-state index contributed by atoms with van der Waals surface area (Å²) in [4.78, 5) is 3.93. The maximum absolute atomic E-state index is 5.78. The van der Waals surface area contributed by atoms with Gasteiger partial charge in [-0.05, 0) is 54.7 Å². The Morgan fingerprint density at radius 2 is 2.18 bits per heavy atom. The zero-order valence-corrected chi connectivity index (χ0v) is 17.8. The lowest BCUT2D eigenvalue weighted by atomic mass is 10.0. The summed E-state index contributed by atoms with van der Waals surface area (Å²) in [6.07, 6.45) is 2.93. The minimum absolute atomic E-state index is 0.358. The molecule has 146 valence electrons. The van der Waals surface area contributed by atoms with Gasteiger partial charge in [0, 0.05) is 24.0 Å². The Labute approximate surface area is 174 Å². The fourth-order valence-corrected chi connectivity index (χ4v) is 5.00. The van der Waals surface area contributed by atoms with E-state index < -0.39 is 0 Å². The first-order chi connectivity index (χ1) is 13.6. The second-order valence-electron chi connectivity index (χ2n) is 6.88. The van der Waals surface area contributed by atoms with Crippen LogP contribution < -0.4 is 4.74 Å². The van der Waals surface area contributed by atoms with Gasteiger partial charge in [-0.1, -0.05) is 18.2 Å². The first kappa shape index (κ1) is 19.1. The van der Waals surface area contributed by atoms with Crippen molar-refractivity contribution in [1.82, 2.24) is 19.2 Å². The van der Waals surface area contributed by atoms with Gasteiger partial charge in [0.1, 0.15) is 5.75 Å². The zero-order chi connectivity index (χ0) is 19.7. The summed E-state index contributed by atoms with van der Waals surface area (Å²) < 4.78 is 10.2. The molecule has 0 amide bonds. The first-order valence-electron chi connectivity index (χ1n) is 9.36. The Kier molecular flexibility index (Phi) is 5.48. The highest BCUT2D eigenvalue weighted by Gasteiger charge is 2.26. The van der Waals surface area contributed by atoms with Gasteiger partial charge in [-0.3, -0.25) is 9.47 Å². The number of fused-ring (bicyclic) bond motifs is 1. The number of rotatable bonds is 6. The van der Waals surface area contributed by atoms with Crippen molar-refractivity contribution in [2.75, 3.05) is 13.7 Å². The van der Waals surface area contributed by atoms with Crippen LogP contribution >= 0.6 is 23.6 Å². The average Bonchev–Trinajstić information content (AvgIpc) is 3.31. The quantitative estimate of drug-likeness (QED) is 0.425. The summed E-state index contributed by atoms with van der Waals surface area (Å²) in [6, 6.07) is 10.5. The van der Waals surface area contributed by atoms with E-state index in [2.05, 4.69) is 29.8 Å². The highest BCUT2D eigenvalue weighted by molar-refractivity contribution is 7.71. The molecule has 7 heteroatoms. The number of aromatic nitrogens is 3. The van der Waals surface area contributed by atoms with Crippen LogP contribution in [0, 0.1) is 4.77 Å². The molecular formula is C21H24N4OS2. The van der Waals surface area contributed by atoms with Crippen molar-refractivity contribution in [2.24, 2.45) is 0 Å². The molecule has 0 aliphatic carbocycles.